The van der Waals surface area contributed by atoms with Crippen molar-refractivity contribution in [1.82, 2.24) is 10.3 Å². The first-order valence-corrected chi connectivity index (χ1v) is 7.42. The van der Waals surface area contributed by atoms with Crippen molar-refractivity contribution < 1.29 is 0 Å². The molecule has 1 heterocycles. The van der Waals surface area contributed by atoms with Crippen LogP contribution >= 0.6 is 0 Å². The molecule has 1 unspecified atom stereocenters. The largest absolute Gasteiger partial charge is 0.313 e. The van der Waals surface area contributed by atoms with Crippen molar-refractivity contribution in [2.75, 3.05) is 7.05 Å². The molecule has 3 aromatic rings. The van der Waals surface area contributed by atoms with Gasteiger partial charge in [0, 0.05) is 23.8 Å². The molecule has 106 valence electrons. The van der Waals surface area contributed by atoms with E-state index in [-0.39, 0.29) is 0 Å². The molecule has 0 amide bonds. The van der Waals surface area contributed by atoms with E-state index >= 15 is 0 Å². The van der Waals surface area contributed by atoms with Gasteiger partial charge in [0.1, 0.15) is 0 Å². The molecule has 2 aromatic carbocycles. The molecule has 0 bridgehead atoms. The quantitative estimate of drug-likeness (QED) is 0.758. The fourth-order valence-corrected chi connectivity index (χ4v) is 2.87. The standard InChI is InChI=1S/C19H20N2/c1-20-19(16-6-3-2-4-7-16)11-10-15-8-5-9-17-14-21-13-12-18(15)17/h2-9,12-14,19-20H,10-11H2,1H3. The number of pyridine rings is 1. The van der Waals surface area contributed by atoms with Crippen LogP contribution in [0.3, 0.4) is 0 Å². The maximum Gasteiger partial charge on any atom is 0.0346 e. The second-order valence-corrected chi connectivity index (χ2v) is 5.30. The number of hydrogen-bond acceptors (Lipinski definition) is 2. The second-order valence-electron chi connectivity index (χ2n) is 5.30. The van der Waals surface area contributed by atoms with Gasteiger partial charge in [-0.2, -0.15) is 0 Å². The Bertz CT molecular complexity index is 702. The first-order chi connectivity index (χ1) is 10.4. The van der Waals surface area contributed by atoms with E-state index in [2.05, 4.69) is 64.9 Å². The van der Waals surface area contributed by atoms with Crippen LogP contribution in [0.25, 0.3) is 10.8 Å². The minimum atomic E-state index is 0.392. The molecular formula is C19H20N2. The summed E-state index contributed by atoms with van der Waals surface area (Å²) in [5, 5.41) is 5.96. The van der Waals surface area contributed by atoms with Crippen LogP contribution in [0.4, 0.5) is 0 Å². The molecule has 2 heteroatoms. The van der Waals surface area contributed by atoms with Gasteiger partial charge in [-0.25, -0.2) is 0 Å². The van der Waals surface area contributed by atoms with Crippen LogP contribution in [0.1, 0.15) is 23.6 Å². The number of aromatic nitrogens is 1. The summed E-state index contributed by atoms with van der Waals surface area (Å²) in [5.74, 6) is 0. The minimum absolute atomic E-state index is 0.392. The summed E-state index contributed by atoms with van der Waals surface area (Å²) in [6, 6.07) is 19.6. The molecule has 0 spiro atoms. The Labute approximate surface area is 125 Å². The van der Waals surface area contributed by atoms with Gasteiger partial charge in [-0.05, 0) is 42.5 Å². The lowest BCUT2D eigenvalue weighted by molar-refractivity contribution is 0.550. The zero-order valence-electron chi connectivity index (χ0n) is 12.3. The molecule has 21 heavy (non-hydrogen) atoms. The summed E-state index contributed by atoms with van der Waals surface area (Å²) in [6.45, 7) is 0. The molecule has 1 aromatic heterocycles. The fraction of sp³-hybridized carbons (Fsp3) is 0.211. The molecule has 0 saturated heterocycles. The normalized spacial score (nSPS) is 12.4. The predicted molar refractivity (Wildman–Crippen MR) is 88.3 cm³/mol. The van der Waals surface area contributed by atoms with E-state index in [9.17, 15) is 0 Å². The van der Waals surface area contributed by atoms with Gasteiger partial charge in [0.25, 0.3) is 0 Å². The molecule has 3 rings (SSSR count). The van der Waals surface area contributed by atoms with E-state index in [4.69, 9.17) is 0 Å². The number of hydrogen-bond donors (Lipinski definition) is 1. The monoisotopic (exact) mass is 276 g/mol. The van der Waals surface area contributed by atoms with E-state index in [0.717, 1.165) is 12.8 Å². The van der Waals surface area contributed by atoms with Gasteiger partial charge in [-0.15, -0.1) is 0 Å². The first kappa shape index (κ1) is 13.8. The molecule has 0 aliphatic rings. The number of fused-ring (bicyclic) bond motifs is 1. The molecular weight excluding hydrogens is 256 g/mol. The average Bonchev–Trinajstić information content (AvgIpc) is 2.56. The van der Waals surface area contributed by atoms with Gasteiger partial charge in [-0.3, -0.25) is 4.98 Å². The zero-order valence-corrected chi connectivity index (χ0v) is 12.3. The van der Waals surface area contributed by atoms with Gasteiger partial charge >= 0.3 is 0 Å². The van der Waals surface area contributed by atoms with Crippen LogP contribution in [-0.4, -0.2) is 12.0 Å². The minimum Gasteiger partial charge on any atom is -0.313 e. The third kappa shape index (κ3) is 3.11. The summed E-state index contributed by atoms with van der Waals surface area (Å²) in [4.78, 5) is 4.20. The Morgan fingerprint density at radius 2 is 1.86 bits per heavy atom. The van der Waals surface area contributed by atoms with Crippen LogP contribution in [-0.2, 0) is 6.42 Å². The Hall–Kier alpha value is -2.19. The van der Waals surface area contributed by atoms with Gasteiger partial charge in [0.15, 0.2) is 0 Å². The third-order valence-corrected chi connectivity index (χ3v) is 4.02. The van der Waals surface area contributed by atoms with E-state index in [1.807, 2.05) is 19.4 Å². The van der Waals surface area contributed by atoms with E-state index in [1.165, 1.54) is 21.9 Å². The van der Waals surface area contributed by atoms with E-state index in [1.54, 1.807) is 0 Å². The van der Waals surface area contributed by atoms with Crippen LogP contribution in [0.2, 0.25) is 0 Å². The van der Waals surface area contributed by atoms with Crippen molar-refractivity contribution in [2.24, 2.45) is 0 Å². The van der Waals surface area contributed by atoms with Crippen molar-refractivity contribution in [2.45, 2.75) is 18.9 Å². The smallest absolute Gasteiger partial charge is 0.0346 e. The molecule has 0 fully saturated rings. The third-order valence-electron chi connectivity index (χ3n) is 4.02. The van der Waals surface area contributed by atoms with Crippen molar-refractivity contribution in [3.63, 3.8) is 0 Å². The fourth-order valence-electron chi connectivity index (χ4n) is 2.87. The number of benzene rings is 2. The molecule has 0 radical (unpaired) electrons. The summed E-state index contributed by atoms with van der Waals surface area (Å²) in [6.07, 6.45) is 5.95. The average molecular weight is 276 g/mol. The van der Waals surface area contributed by atoms with Crippen molar-refractivity contribution in [3.05, 3.63) is 78.1 Å². The van der Waals surface area contributed by atoms with Gasteiger partial charge < -0.3 is 5.32 Å². The summed E-state index contributed by atoms with van der Waals surface area (Å²) in [5.41, 5.74) is 2.74. The lowest BCUT2D eigenvalue weighted by Crippen LogP contribution is -2.17. The summed E-state index contributed by atoms with van der Waals surface area (Å²) in [7, 11) is 2.03. The lowest BCUT2D eigenvalue weighted by atomic mass is 9.96. The van der Waals surface area contributed by atoms with E-state index < -0.39 is 0 Å². The summed E-state index contributed by atoms with van der Waals surface area (Å²) >= 11 is 0. The topological polar surface area (TPSA) is 24.9 Å². The van der Waals surface area contributed by atoms with Crippen LogP contribution in [0.15, 0.2) is 67.0 Å². The Kier molecular flexibility index (Phi) is 4.27. The first-order valence-electron chi connectivity index (χ1n) is 7.42. The van der Waals surface area contributed by atoms with Crippen LogP contribution < -0.4 is 5.32 Å². The van der Waals surface area contributed by atoms with Crippen molar-refractivity contribution >= 4 is 10.8 Å². The maximum absolute atomic E-state index is 4.20. The zero-order chi connectivity index (χ0) is 14.5. The maximum atomic E-state index is 4.20. The SMILES string of the molecule is CNC(CCc1cccc2cnccc12)c1ccccc1. The van der Waals surface area contributed by atoms with Crippen molar-refractivity contribution in [1.29, 1.82) is 0 Å². The molecule has 0 saturated carbocycles. The number of aryl methyl sites for hydroxylation is 1. The van der Waals surface area contributed by atoms with Crippen LogP contribution in [0, 0.1) is 0 Å². The molecule has 2 nitrogen and oxygen atoms in total. The Morgan fingerprint density at radius 3 is 2.67 bits per heavy atom. The van der Waals surface area contributed by atoms with Crippen molar-refractivity contribution in [3.8, 4) is 0 Å². The Balaban J connectivity index is 1.79. The van der Waals surface area contributed by atoms with Gasteiger partial charge in [0.2, 0.25) is 0 Å². The molecule has 0 aliphatic carbocycles. The lowest BCUT2D eigenvalue weighted by Gasteiger charge is -2.17. The van der Waals surface area contributed by atoms with Gasteiger partial charge in [0.05, 0.1) is 0 Å². The highest BCUT2D eigenvalue weighted by molar-refractivity contribution is 5.84. The number of nitrogens with one attached hydrogen (secondary N) is 1. The summed E-state index contributed by atoms with van der Waals surface area (Å²) < 4.78 is 0. The van der Waals surface area contributed by atoms with Gasteiger partial charge in [-0.1, -0.05) is 48.5 Å². The second kappa shape index (κ2) is 6.51. The Morgan fingerprint density at radius 1 is 1.00 bits per heavy atom. The number of rotatable bonds is 5. The number of nitrogens with zero attached hydrogens (tertiary/aromatic N) is 1. The predicted octanol–water partition coefficient (Wildman–Crippen LogP) is 4.13. The molecule has 1 N–H and O–H groups in total. The van der Waals surface area contributed by atoms with E-state index in [0.29, 0.717) is 6.04 Å². The highest BCUT2D eigenvalue weighted by Crippen LogP contribution is 2.23. The highest BCUT2D eigenvalue weighted by atomic mass is 14.9. The highest BCUT2D eigenvalue weighted by Gasteiger charge is 2.09. The molecule has 0 aliphatic heterocycles. The molecule has 1 atom stereocenters. The van der Waals surface area contributed by atoms with Crippen LogP contribution in [0.5, 0.6) is 0 Å².